The third-order valence-corrected chi connectivity index (χ3v) is 2.50. The molecule has 0 saturated heterocycles. The summed E-state index contributed by atoms with van der Waals surface area (Å²) in [5, 5.41) is 3.18. The molecule has 0 spiro atoms. The Morgan fingerprint density at radius 1 is 1.47 bits per heavy atom. The van der Waals surface area contributed by atoms with Crippen LogP contribution in [0.4, 0.5) is 0 Å². The molecule has 4 nitrogen and oxygen atoms in total. The number of carbonyl (C=O) groups is 1. The fraction of sp³-hybridized carbons (Fsp3) is 0.538. The van der Waals surface area contributed by atoms with Gasteiger partial charge in [-0.2, -0.15) is 0 Å². The van der Waals surface area contributed by atoms with Gasteiger partial charge in [0.15, 0.2) is 0 Å². The van der Waals surface area contributed by atoms with Crippen molar-refractivity contribution >= 4 is 5.97 Å². The second-order valence-electron chi connectivity index (χ2n) is 3.90. The summed E-state index contributed by atoms with van der Waals surface area (Å²) in [6, 6.07) is 3.73. The van der Waals surface area contributed by atoms with Crippen LogP contribution in [0.5, 0.6) is 0 Å². The molecule has 1 N–H and O–H groups in total. The summed E-state index contributed by atoms with van der Waals surface area (Å²) in [7, 11) is 0. The SMILES string of the molecule is CCOC(=O)C(CC)NCc1ccc(C)nc1. The van der Waals surface area contributed by atoms with Crippen LogP contribution in [0.2, 0.25) is 0 Å². The second-order valence-corrected chi connectivity index (χ2v) is 3.90. The van der Waals surface area contributed by atoms with Gasteiger partial charge in [-0.15, -0.1) is 0 Å². The maximum Gasteiger partial charge on any atom is 0.323 e. The normalized spacial score (nSPS) is 12.2. The van der Waals surface area contributed by atoms with Crippen LogP contribution < -0.4 is 5.32 Å². The summed E-state index contributed by atoms with van der Waals surface area (Å²) in [6.07, 6.45) is 2.54. The zero-order valence-corrected chi connectivity index (χ0v) is 10.7. The average molecular weight is 236 g/mol. The van der Waals surface area contributed by atoms with E-state index < -0.39 is 0 Å². The van der Waals surface area contributed by atoms with Gasteiger partial charge in [0.1, 0.15) is 6.04 Å². The van der Waals surface area contributed by atoms with E-state index in [1.54, 1.807) is 0 Å². The summed E-state index contributed by atoms with van der Waals surface area (Å²) >= 11 is 0. The maximum atomic E-state index is 11.5. The Kier molecular flexibility index (Phi) is 5.63. The molecule has 94 valence electrons. The van der Waals surface area contributed by atoms with Crippen molar-refractivity contribution in [1.29, 1.82) is 0 Å². The Hall–Kier alpha value is -1.42. The lowest BCUT2D eigenvalue weighted by Gasteiger charge is -2.15. The molecule has 0 aliphatic rings. The molecule has 0 aliphatic carbocycles. The van der Waals surface area contributed by atoms with Crippen LogP contribution in [0, 0.1) is 6.92 Å². The molecular formula is C13H20N2O2. The number of hydrogen-bond acceptors (Lipinski definition) is 4. The van der Waals surface area contributed by atoms with E-state index in [2.05, 4.69) is 10.3 Å². The van der Waals surface area contributed by atoms with E-state index in [0.29, 0.717) is 13.2 Å². The Morgan fingerprint density at radius 2 is 2.24 bits per heavy atom. The largest absolute Gasteiger partial charge is 0.465 e. The first kappa shape index (κ1) is 13.6. The first-order chi connectivity index (χ1) is 8.17. The third kappa shape index (κ3) is 4.53. The molecule has 0 aliphatic heterocycles. The molecule has 4 heteroatoms. The molecule has 0 amide bonds. The second kappa shape index (κ2) is 7.01. The van der Waals surface area contributed by atoms with Gasteiger partial charge in [0, 0.05) is 18.4 Å². The van der Waals surface area contributed by atoms with Gasteiger partial charge in [0.05, 0.1) is 6.61 Å². The molecule has 0 bridgehead atoms. The minimum Gasteiger partial charge on any atom is -0.465 e. The van der Waals surface area contributed by atoms with E-state index in [4.69, 9.17) is 4.74 Å². The van der Waals surface area contributed by atoms with Crippen molar-refractivity contribution in [3.63, 3.8) is 0 Å². The van der Waals surface area contributed by atoms with Crippen LogP contribution in [0.15, 0.2) is 18.3 Å². The lowest BCUT2D eigenvalue weighted by molar-refractivity contribution is -0.145. The van der Waals surface area contributed by atoms with Crippen molar-refractivity contribution < 1.29 is 9.53 Å². The van der Waals surface area contributed by atoms with E-state index in [9.17, 15) is 4.79 Å². The summed E-state index contributed by atoms with van der Waals surface area (Å²) in [5.41, 5.74) is 2.06. The van der Waals surface area contributed by atoms with Crippen molar-refractivity contribution in [1.82, 2.24) is 10.3 Å². The quantitative estimate of drug-likeness (QED) is 0.765. The smallest absolute Gasteiger partial charge is 0.323 e. The first-order valence-electron chi connectivity index (χ1n) is 5.99. The van der Waals surface area contributed by atoms with Crippen molar-refractivity contribution in [3.05, 3.63) is 29.6 Å². The molecule has 1 rings (SSSR count). The molecule has 0 aromatic carbocycles. The Balaban J connectivity index is 2.47. The molecule has 0 fully saturated rings. The fourth-order valence-electron chi connectivity index (χ4n) is 1.48. The number of aromatic nitrogens is 1. The Bertz CT molecular complexity index is 349. The minimum absolute atomic E-state index is 0.185. The Morgan fingerprint density at radius 3 is 2.76 bits per heavy atom. The van der Waals surface area contributed by atoms with Gasteiger partial charge in [0.2, 0.25) is 0 Å². The van der Waals surface area contributed by atoms with Crippen molar-refractivity contribution in [2.24, 2.45) is 0 Å². The molecule has 1 aromatic heterocycles. The lowest BCUT2D eigenvalue weighted by atomic mass is 10.2. The molecule has 17 heavy (non-hydrogen) atoms. The van der Waals surface area contributed by atoms with E-state index >= 15 is 0 Å². The van der Waals surface area contributed by atoms with E-state index in [1.807, 2.05) is 39.1 Å². The summed E-state index contributed by atoms with van der Waals surface area (Å²) in [5.74, 6) is -0.185. The molecule has 0 saturated carbocycles. The molecule has 1 atom stereocenters. The standard InChI is InChI=1S/C13H20N2O2/c1-4-12(13(16)17-5-2)15-9-11-7-6-10(3)14-8-11/h6-8,12,15H,4-5,9H2,1-3H3. The van der Waals surface area contributed by atoms with Crippen molar-refractivity contribution in [2.45, 2.75) is 39.8 Å². The van der Waals surface area contributed by atoms with Crippen LogP contribution in [-0.4, -0.2) is 23.6 Å². The van der Waals surface area contributed by atoms with Crippen LogP contribution >= 0.6 is 0 Å². The minimum atomic E-state index is -0.240. The molecule has 1 unspecified atom stereocenters. The van der Waals surface area contributed by atoms with Gasteiger partial charge in [-0.3, -0.25) is 9.78 Å². The predicted octanol–water partition coefficient (Wildman–Crippen LogP) is 1.82. The van der Waals surface area contributed by atoms with Crippen LogP contribution in [0.3, 0.4) is 0 Å². The third-order valence-electron chi connectivity index (χ3n) is 2.50. The lowest BCUT2D eigenvalue weighted by Crippen LogP contribution is -2.37. The zero-order chi connectivity index (χ0) is 12.7. The van der Waals surface area contributed by atoms with Gasteiger partial charge in [-0.1, -0.05) is 13.0 Å². The molecule has 1 heterocycles. The predicted molar refractivity (Wildman–Crippen MR) is 66.5 cm³/mol. The fourth-order valence-corrected chi connectivity index (χ4v) is 1.48. The van der Waals surface area contributed by atoms with Gasteiger partial charge >= 0.3 is 5.97 Å². The monoisotopic (exact) mass is 236 g/mol. The number of esters is 1. The first-order valence-corrected chi connectivity index (χ1v) is 5.99. The number of nitrogens with one attached hydrogen (secondary N) is 1. The molecule has 1 aromatic rings. The van der Waals surface area contributed by atoms with E-state index in [-0.39, 0.29) is 12.0 Å². The van der Waals surface area contributed by atoms with Gasteiger partial charge in [-0.05, 0) is 31.9 Å². The number of rotatable bonds is 6. The number of pyridine rings is 1. The molecular weight excluding hydrogens is 216 g/mol. The zero-order valence-electron chi connectivity index (χ0n) is 10.7. The number of aryl methyl sites for hydroxylation is 1. The highest BCUT2D eigenvalue weighted by Gasteiger charge is 2.16. The summed E-state index contributed by atoms with van der Waals surface area (Å²) < 4.78 is 4.99. The number of ether oxygens (including phenoxy) is 1. The summed E-state index contributed by atoms with van der Waals surface area (Å²) in [4.78, 5) is 15.8. The topological polar surface area (TPSA) is 51.2 Å². The molecule has 0 radical (unpaired) electrons. The number of hydrogen-bond donors (Lipinski definition) is 1. The number of carbonyl (C=O) groups excluding carboxylic acids is 1. The maximum absolute atomic E-state index is 11.5. The Labute approximate surface area is 102 Å². The van der Waals surface area contributed by atoms with Crippen molar-refractivity contribution in [3.8, 4) is 0 Å². The summed E-state index contributed by atoms with van der Waals surface area (Å²) in [6.45, 7) is 6.77. The van der Waals surface area contributed by atoms with Gasteiger partial charge < -0.3 is 10.1 Å². The van der Waals surface area contributed by atoms with E-state index in [0.717, 1.165) is 17.7 Å². The van der Waals surface area contributed by atoms with Crippen LogP contribution in [0.25, 0.3) is 0 Å². The average Bonchev–Trinajstić information content (AvgIpc) is 2.32. The van der Waals surface area contributed by atoms with Crippen LogP contribution in [-0.2, 0) is 16.1 Å². The van der Waals surface area contributed by atoms with Crippen LogP contribution in [0.1, 0.15) is 31.5 Å². The highest BCUT2D eigenvalue weighted by molar-refractivity contribution is 5.75. The van der Waals surface area contributed by atoms with Gasteiger partial charge in [-0.25, -0.2) is 0 Å². The number of nitrogens with zero attached hydrogens (tertiary/aromatic N) is 1. The van der Waals surface area contributed by atoms with Crippen molar-refractivity contribution in [2.75, 3.05) is 6.61 Å². The van der Waals surface area contributed by atoms with Gasteiger partial charge in [0.25, 0.3) is 0 Å². The van der Waals surface area contributed by atoms with E-state index in [1.165, 1.54) is 0 Å². The highest BCUT2D eigenvalue weighted by Crippen LogP contribution is 2.01. The highest BCUT2D eigenvalue weighted by atomic mass is 16.5.